The van der Waals surface area contributed by atoms with Gasteiger partial charge in [0.15, 0.2) is 0 Å². The Morgan fingerprint density at radius 3 is 3.10 bits per heavy atom. The first-order chi connectivity index (χ1) is 10.3. The molecule has 3 heterocycles. The van der Waals surface area contributed by atoms with E-state index in [0.717, 1.165) is 34.5 Å². The van der Waals surface area contributed by atoms with Crippen LogP contribution < -0.4 is 5.32 Å². The Morgan fingerprint density at radius 1 is 1.19 bits per heavy atom. The van der Waals surface area contributed by atoms with E-state index in [2.05, 4.69) is 31.0 Å². The minimum atomic E-state index is 0.724. The van der Waals surface area contributed by atoms with Gasteiger partial charge in [-0.05, 0) is 31.2 Å². The number of pyridine rings is 1. The van der Waals surface area contributed by atoms with Crippen LogP contribution in [0.5, 0.6) is 0 Å². The zero-order valence-corrected chi connectivity index (χ0v) is 11.7. The average Bonchev–Trinajstić information content (AvgIpc) is 3.09. The molecule has 0 radical (unpaired) electrons. The highest BCUT2D eigenvalue weighted by molar-refractivity contribution is 5.90. The van der Waals surface area contributed by atoms with Crippen LogP contribution in [0.4, 0.5) is 5.69 Å². The van der Waals surface area contributed by atoms with Crippen LogP contribution in [0.1, 0.15) is 11.4 Å². The molecule has 4 rings (SSSR count). The molecule has 104 valence electrons. The Kier molecular flexibility index (Phi) is 2.64. The molecule has 0 aliphatic carbocycles. The number of hydrogen-bond acceptors (Lipinski definition) is 3. The van der Waals surface area contributed by atoms with Crippen molar-refractivity contribution in [3.8, 4) is 0 Å². The molecule has 21 heavy (non-hydrogen) atoms. The molecule has 0 aliphatic rings. The fourth-order valence-corrected chi connectivity index (χ4v) is 2.68. The van der Waals surface area contributed by atoms with E-state index < -0.39 is 0 Å². The summed E-state index contributed by atoms with van der Waals surface area (Å²) < 4.78 is 2.12. The third kappa shape index (κ3) is 1.94. The van der Waals surface area contributed by atoms with Gasteiger partial charge in [-0.1, -0.05) is 12.1 Å². The Morgan fingerprint density at radius 2 is 2.14 bits per heavy atom. The number of aromatic amines is 1. The molecule has 5 nitrogen and oxygen atoms in total. The predicted molar refractivity (Wildman–Crippen MR) is 83.3 cm³/mol. The summed E-state index contributed by atoms with van der Waals surface area (Å²) in [6.07, 6.45) is 3.89. The zero-order valence-electron chi connectivity index (χ0n) is 11.7. The number of H-pyrrole nitrogens is 1. The van der Waals surface area contributed by atoms with Crippen LogP contribution in [0.2, 0.25) is 0 Å². The first-order valence-corrected chi connectivity index (χ1v) is 6.91. The Balaban J connectivity index is 1.70. The van der Waals surface area contributed by atoms with Crippen molar-refractivity contribution in [2.45, 2.75) is 13.5 Å². The molecule has 2 N–H and O–H groups in total. The lowest BCUT2D eigenvalue weighted by Gasteiger charge is -2.08. The van der Waals surface area contributed by atoms with Crippen LogP contribution in [0.15, 0.2) is 48.8 Å². The summed E-state index contributed by atoms with van der Waals surface area (Å²) in [4.78, 5) is 4.58. The minimum Gasteiger partial charge on any atom is -0.379 e. The standard InChI is InChI=1S/C16H15N5/c1-11-15(21-8-3-2-7-16(21)19-11)10-17-13-5-4-6-14-12(13)9-18-20-14/h2-9,17H,10H2,1H3,(H,18,20). The third-order valence-corrected chi connectivity index (χ3v) is 3.76. The number of fused-ring (bicyclic) bond motifs is 2. The second-order valence-corrected chi connectivity index (χ2v) is 5.06. The molecular formula is C16H15N5. The van der Waals surface area contributed by atoms with E-state index in [4.69, 9.17) is 0 Å². The van der Waals surface area contributed by atoms with E-state index >= 15 is 0 Å². The molecule has 0 saturated heterocycles. The highest BCUT2D eigenvalue weighted by Gasteiger charge is 2.09. The number of anilines is 1. The topological polar surface area (TPSA) is 58.0 Å². The maximum atomic E-state index is 4.58. The van der Waals surface area contributed by atoms with Crippen LogP contribution in [-0.2, 0) is 6.54 Å². The molecule has 5 heteroatoms. The summed E-state index contributed by atoms with van der Waals surface area (Å²) in [5, 5.41) is 11.7. The Bertz CT molecular complexity index is 919. The first-order valence-electron chi connectivity index (χ1n) is 6.91. The summed E-state index contributed by atoms with van der Waals surface area (Å²) in [7, 11) is 0. The third-order valence-electron chi connectivity index (χ3n) is 3.76. The number of benzene rings is 1. The van der Waals surface area contributed by atoms with Crippen LogP contribution in [0.25, 0.3) is 16.6 Å². The average molecular weight is 277 g/mol. The molecule has 0 aliphatic heterocycles. The molecule has 1 aromatic carbocycles. The Labute approximate surface area is 121 Å². The van der Waals surface area contributed by atoms with Gasteiger partial charge in [0.25, 0.3) is 0 Å². The lowest BCUT2D eigenvalue weighted by molar-refractivity contribution is 0.988. The maximum Gasteiger partial charge on any atom is 0.137 e. The number of aryl methyl sites for hydroxylation is 1. The van der Waals surface area contributed by atoms with Gasteiger partial charge in [-0.25, -0.2) is 4.98 Å². The summed E-state index contributed by atoms with van der Waals surface area (Å²) in [5.41, 5.74) is 5.31. The van der Waals surface area contributed by atoms with E-state index in [9.17, 15) is 0 Å². The second-order valence-electron chi connectivity index (χ2n) is 5.06. The fourth-order valence-electron chi connectivity index (χ4n) is 2.68. The van der Waals surface area contributed by atoms with Crippen molar-refractivity contribution < 1.29 is 0 Å². The van der Waals surface area contributed by atoms with Gasteiger partial charge in [0.2, 0.25) is 0 Å². The molecule has 0 fully saturated rings. The van der Waals surface area contributed by atoms with Crippen molar-refractivity contribution in [3.63, 3.8) is 0 Å². The SMILES string of the molecule is Cc1nc2ccccn2c1CNc1cccc2[nH]ncc12. The monoisotopic (exact) mass is 277 g/mol. The number of aromatic nitrogens is 4. The summed E-state index contributed by atoms with van der Waals surface area (Å²) in [5.74, 6) is 0. The smallest absolute Gasteiger partial charge is 0.137 e. The van der Waals surface area contributed by atoms with Gasteiger partial charge in [-0.2, -0.15) is 5.10 Å². The largest absolute Gasteiger partial charge is 0.379 e. The highest BCUT2D eigenvalue weighted by Crippen LogP contribution is 2.22. The van der Waals surface area contributed by atoms with Gasteiger partial charge in [0, 0.05) is 17.3 Å². The van der Waals surface area contributed by atoms with E-state index in [1.165, 1.54) is 5.69 Å². The van der Waals surface area contributed by atoms with Crippen molar-refractivity contribution in [1.29, 1.82) is 0 Å². The van der Waals surface area contributed by atoms with Crippen molar-refractivity contribution in [1.82, 2.24) is 19.6 Å². The maximum absolute atomic E-state index is 4.58. The van der Waals surface area contributed by atoms with Gasteiger partial charge in [-0.3, -0.25) is 5.10 Å². The molecule has 3 aromatic heterocycles. The summed E-state index contributed by atoms with van der Waals surface area (Å²) in [6, 6.07) is 12.2. The second kappa shape index (κ2) is 4.63. The van der Waals surface area contributed by atoms with Gasteiger partial charge >= 0.3 is 0 Å². The number of nitrogens with zero attached hydrogens (tertiary/aromatic N) is 3. The van der Waals surface area contributed by atoms with Crippen molar-refractivity contribution in [2.24, 2.45) is 0 Å². The predicted octanol–water partition coefficient (Wildman–Crippen LogP) is 3.13. The van der Waals surface area contributed by atoms with Crippen molar-refractivity contribution >= 4 is 22.2 Å². The number of hydrogen-bond donors (Lipinski definition) is 2. The van der Waals surface area contributed by atoms with Crippen LogP contribution in [0, 0.1) is 6.92 Å². The van der Waals surface area contributed by atoms with E-state index in [0.29, 0.717) is 0 Å². The minimum absolute atomic E-state index is 0.724. The molecular weight excluding hydrogens is 262 g/mol. The number of nitrogens with one attached hydrogen (secondary N) is 2. The van der Waals surface area contributed by atoms with Crippen molar-refractivity contribution in [3.05, 3.63) is 60.2 Å². The molecule has 0 atom stereocenters. The highest BCUT2D eigenvalue weighted by atomic mass is 15.1. The van der Waals surface area contributed by atoms with Crippen LogP contribution in [0.3, 0.4) is 0 Å². The fraction of sp³-hybridized carbons (Fsp3) is 0.125. The van der Waals surface area contributed by atoms with Crippen molar-refractivity contribution in [2.75, 3.05) is 5.32 Å². The van der Waals surface area contributed by atoms with Gasteiger partial charge < -0.3 is 9.72 Å². The quantitative estimate of drug-likeness (QED) is 0.605. The first kappa shape index (κ1) is 12.0. The normalized spacial score (nSPS) is 11.3. The molecule has 0 unspecified atom stereocenters. The number of rotatable bonds is 3. The lowest BCUT2D eigenvalue weighted by atomic mass is 10.2. The molecule has 0 spiro atoms. The molecule has 0 amide bonds. The molecule has 0 bridgehead atoms. The lowest BCUT2D eigenvalue weighted by Crippen LogP contribution is -2.04. The van der Waals surface area contributed by atoms with Crippen LogP contribution in [-0.4, -0.2) is 19.6 Å². The van der Waals surface area contributed by atoms with Gasteiger partial charge in [0.1, 0.15) is 5.65 Å². The van der Waals surface area contributed by atoms with Gasteiger partial charge in [0.05, 0.1) is 29.6 Å². The van der Waals surface area contributed by atoms with E-state index in [1.54, 1.807) is 0 Å². The zero-order chi connectivity index (χ0) is 14.2. The molecule has 0 saturated carbocycles. The van der Waals surface area contributed by atoms with E-state index in [-0.39, 0.29) is 0 Å². The number of imidazole rings is 1. The summed E-state index contributed by atoms with van der Waals surface area (Å²) in [6.45, 7) is 2.77. The van der Waals surface area contributed by atoms with Crippen LogP contribution >= 0.6 is 0 Å². The van der Waals surface area contributed by atoms with E-state index in [1.807, 2.05) is 49.6 Å². The summed E-state index contributed by atoms with van der Waals surface area (Å²) >= 11 is 0. The Hall–Kier alpha value is -2.82. The molecule has 4 aromatic rings. The van der Waals surface area contributed by atoms with Gasteiger partial charge in [-0.15, -0.1) is 0 Å².